The molecule has 162 valence electrons. The molecule has 0 fully saturated rings. The molecule has 2 aromatic rings. The van der Waals surface area contributed by atoms with E-state index in [1.165, 1.54) is 0 Å². The number of aryl methyl sites for hydroxylation is 1. The van der Waals surface area contributed by atoms with Crippen LogP contribution in [0.1, 0.15) is 18.4 Å². The fourth-order valence-electron chi connectivity index (χ4n) is 3.03. The zero-order valence-corrected chi connectivity index (χ0v) is 17.9. The third-order valence-electron chi connectivity index (χ3n) is 4.28. The van der Waals surface area contributed by atoms with Crippen LogP contribution in [0.5, 0.6) is 5.75 Å². The maximum atomic E-state index is 12.7. The summed E-state index contributed by atoms with van der Waals surface area (Å²) in [6.07, 6.45) is 1.86. The van der Waals surface area contributed by atoms with Crippen LogP contribution in [0, 0.1) is 5.41 Å². The predicted molar refractivity (Wildman–Crippen MR) is 115 cm³/mol. The highest BCUT2D eigenvalue weighted by Crippen LogP contribution is 2.38. The van der Waals surface area contributed by atoms with Gasteiger partial charge in [-0.15, -0.1) is 0 Å². The van der Waals surface area contributed by atoms with E-state index in [2.05, 4.69) is 5.32 Å². The highest BCUT2D eigenvalue weighted by atomic mass is 32.2. The van der Waals surface area contributed by atoms with Crippen molar-refractivity contribution in [3.05, 3.63) is 48.0 Å². The van der Waals surface area contributed by atoms with Gasteiger partial charge in [0.25, 0.3) is 0 Å². The first-order valence-corrected chi connectivity index (χ1v) is 11.3. The molecule has 0 aliphatic rings. The standard InChI is InChI=1S/C21H27N3O5S/c1-28-13-6-14-29-19-17(15-7-4-3-5-8-15)11-9-16(20(19)30(2,26)27)10-12-18(25)24-21(22)23/h3-5,7-9,11H,6,10,12-14H2,1-2H3,(H4,22,23,24,25). The number of carbonyl (C=O) groups excluding carboxylic acids is 1. The fraction of sp³-hybridized carbons (Fsp3) is 0.333. The van der Waals surface area contributed by atoms with Crippen molar-refractivity contribution in [2.45, 2.75) is 24.2 Å². The second-order valence-corrected chi connectivity index (χ2v) is 8.68. The summed E-state index contributed by atoms with van der Waals surface area (Å²) in [6.45, 7) is 0.768. The summed E-state index contributed by atoms with van der Waals surface area (Å²) in [5, 5.41) is 9.34. The van der Waals surface area contributed by atoms with Gasteiger partial charge < -0.3 is 15.2 Å². The molecule has 0 aromatic heterocycles. The molecule has 0 saturated carbocycles. The Morgan fingerprint density at radius 2 is 1.83 bits per heavy atom. The maximum Gasteiger partial charge on any atom is 0.226 e. The van der Waals surface area contributed by atoms with E-state index in [1.807, 2.05) is 30.3 Å². The van der Waals surface area contributed by atoms with E-state index in [9.17, 15) is 13.2 Å². The molecule has 8 nitrogen and oxygen atoms in total. The SMILES string of the molecule is COCCCOc1c(-c2ccccc2)ccc(CCC(=O)NC(=N)N)c1S(C)(=O)=O. The van der Waals surface area contributed by atoms with Gasteiger partial charge in [-0.1, -0.05) is 42.5 Å². The minimum Gasteiger partial charge on any atom is -0.491 e. The number of benzene rings is 2. The Hall–Kier alpha value is -2.91. The predicted octanol–water partition coefficient (Wildman–Crippen LogP) is 2.11. The van der Waals surface area contributed by atoms with Gasteiger partial charge in [-0.05, 0) is 17.5 Å². The number of guanidine groups is 1. The molecule has 2 rings (SSSR count). The minimum atomic E-state index is -3.66. The van der Waals surface area contributed by atoms with Gasteiger partial charge in [-0.3, -0.25) is 15.5 Å². The molecule has 0 spiro atoms. The first-order chi connectivity index (χ1) is 14.2. The molecule has 0 heterocycles. The number of sulfone groups is 1. The van der Waals surface area contributed by atoms with Crippen LogP contribution in [0.3, 0.4) is 0 Å². The van der Waals surface area contributed by atoms with Crippen LogP contribution in [-0.2, 0) is 25.8 Å². The molecule has 0 aliphatic heterocycles. The topological polar surface area (TPSA) is 132 Å². The number of rotatable bonds is 10. The van der Waals surface area contributed by atoms with Gasteiger partial charge in [0, 0.05) is 38.4 Å². The fourth-order valence-corrected chi connectivity index (χ4v) is 4.19. The zero-order valence-electron chi connectivity index (χ0n) is 17.1. The average molecular weight is 434 g/mol. The summed E-state index contributed by atoms with van der Waals surface area (Å²) >= 11 is 0. The monoisotopic (exact) mass is 433 g/mol. The van der Waals surface area contributed by atoms with Crippen molar-refractivity contribution in [3.8, 4) is 16.9 Å². The van der Waals surface area contributed by atoms with Crippen molar-refractivity contribution in [3.63, 3.8) is 0 Å². The second-order valence-electron chi connectivity index (χ2n) is 6.73. The molecule has 0 saturated heterocycles. The molecule has 2 aromatic carbocycles. The molecule has 0 unspecified atom stereocenters. The van der Waals surface area contributed by atoms with Crippen LogP contribution in [-0.4, -0.2) is 46.9 Å². The van der Waals surface area contributed by atoms with Gasteiger partial charge in [-0.25, -0.2) is 8.42 Å². The van der Waals surface area contributed by atoms with Crippen LogP contribution in [0.15, 0.2) is 47.4 Å². The second kappa shape index (κ2) is 10.7. The van der Waals surface area contributed by atoms with E-state index in [0.29, 0.717) is 24.2 Å². The summed E-state index contributed by atoms with van der Waals surface area (Å²) in [5.74, 6) is -0.647. The molecule has 0 aliphatic carbocycles. The number of nitrogens with one attached hydrogen (secondary N) is 2. The lowest BCUT2D eigenvalue weighted by molar-refractivity contribution is -0.119. The van der Waals surface area contributed by atoms with Gasteiger partial charge >= 0.3 is 0 Å². The first-order valence-electron chi connectivity index (χ1n) is 9.41. The van der Waals surface area contributed by atoms with Crippen LogP contribution < -0.4 is 15.8 Å². The molecule has 4 N–H and O–H groups in total. The van der Waals surface area contributed by atoms with Gasteiger partial charge in [0.15, 0.2) is 15.8 Å². The Kier molecular flexibility index (Phi) is 8.37. The Balaban J connectivity index is 2.50. The maximum absolute atomic E-state index is 12.7. The number of hydrogen-bond donors (Lipinski definition) is 3. The number of amides is 1. The van der Waals surface area contributed by atoms with Crippen molar-refractivity contribution in [1.82, 2.24) is 5.32 Å². The summed E-state index contributed by atoms with van der Waals surface area (Å²) in [5.41, 5.74) is 7.13. The zero-order chi connectivity index (χ0) is 22.1. The van der Waals surface area contributed by atoms with Crippen molar-refractivity contribution < 1.29 is 22.7 Å². The third kappa shape index (κ3) is 6.57. The summed E-state index contributed by atoms with van der Waals surface area (Å²) in [6, 6.07) is 12.9. The minimum absolute atomic E-state index is 0.0180. The van der Waals surface area contributed by atoms with Gasteiger partial charge in [0.2, 0.25) is 5.91 Å². The lowest BCUT2D eigenvalue weighted by Crippen LogP contribution is -2.35. The molecule has 0 radical (unpaired) electrons. The van der Waals surface area contributed by atoms with Crippen LogP contribution in [0.25, 0.3) is 11.1 Å². The Morgan fingerprint density at radius 1 is 1.13 bits per heavy atom. The van der Waals surface area contributed by atoms with Crippen molar-refractivity contribution in [1.29, 1.82) is 5.41 Å². The number of carbonyl (C=O) groups is 1. The Labute approximate surface area is 176 Å². The lowest BCUT2D eigenvalue weighted by Gasteiger charge is -2.19. The molecule has 0 atom stereocenters. The first kappa shape index (κ1) is 23.4. The lowest BCUT2D eigenvalue weighted by atomic mass is 10.0. The van der Waals surface area contributed by atoms with E-state index in [0.717, 1.165) is 11.8 Å². The van der Waals surface area contributed by atoms with Gasteiger partial charge in [0.1, 0.15) is 10.6 Å². The molecular weight excluding hydrogens is 406 g/mol. The van der Waals surface area contributed by atoms with E-state index in [-0.39, 0.29) is 30.1 Å². The van der Waals surface area contributed by atoms with Crippen molar-refractivity contribution >= 4 is 21.7 Å². The van der Waals surface area contributed by atoms with E-state index >= 15 is 0 Å². The Morgan fingerprint density at radius 3 is 2.43 bits per heavy atom. The number of nitrogens with two attached hydrogens (primary N) is 1. The quantitative estimate of drug-likeness (QED) is 0.299. The summed E-state index contributed by atoms with van der Waals surface area (Å²) < 4.78 is 36.4. The van der Waals surface area contributed by atoms with Crippen LogP contribution >= 0.6 is 0 Å². The third-order valence-corrected chi connectivity index (χ3v) is 5.47. The van der Waals surface area contributed by atoms with Gasteiger partial charge in [0.05, 0.1) is 6.61 Å². The number of methoxy groups -OCH3 is 1. The normalized spacial score (nSPS) is 11.1. The van der Waals surface area contributed by atoms with E-state index < -0.39 is 21.7 Å². The number of ether oxygens (including phenoxy) is 2. The molecule has 9 heteroatoms. The molecule has 1 amide bonds. The van der Waals surface area contributed by atoms with Crippen LogP contribution in [0.4, 0.5) is 0 Å². The Bertz CT molecular complexity index is 991. The van der Waals surface area contributed by atoms with Gasteiger partial charge in [-0.2, -0.15) is 0 Å². The van der Waals surface area contributed by atoms with Crippen molar-refractivity contribution in [2.24, 2.45) is 5.73 Å². The average Bonchev–Trinajstić information content (AvgIpc) is 2.68. The molecular formula is C21H27N3O5S. The van der Waals surface area contributed by atoms with E-state index in [4.69, 9.17) is 20.6 Å². The molecule has 30 heavy (non-hydrogen) atoms. The summed E-state index contributed by atoms with van der Waals surface area (Å²) in [7, 11) is -2.08. The smallest absolute Gasteiger partial charge is 0.226 e. The largest absolute Gasteiger partial charge is 0.491 e. The van der Waals surface area contributed by atoms with E-state index in [1.54, 1.807) is 19.2 Å². The van der Waals surface area contributed by atoms with Crippen molar-refractivity contribution in [2.75, 3.05) is 26.6 Å². The van der Waals surface area contributed by atoms with Crippen LogP contribution in [0.2, 0.25) is 0 Å². The highest BCUT2D eigenvalue weighted by Gasteiger charge is 2.24. The summed E-state index contributed by atoms with van der Waals surface area (Å²) in [4.78, 5) is 11.9. The number of hydrogen-bond acceptors (Lipinski definition) is 6. The molecule has 0 bridgehead atoms. The highest BCUT2D eigenvalue weighted by molar-refractivity contribution is 7.90.